The van der Waals surface area contributed by atoms with Crippen molar-refractivity contribution in [3.05, 3.63) is 28.6 Å². The van der Waals surface area contributed by atoms with Gasteiger partial charge in [0.1, 0.15) is 0 Å². The number of fused-ring (bicyclic) bond motifs is 1. The van der Waals surface area contributed by atoms with E-state index in [1.54, 1.807) is 32.3 Å². The molecule has 0 aliphatic rings. The number of hydrogen-bond donors (Lipinski definition) is 1. The normalized spacial score (nSPS) is 11.3. The van der Waals surface area contributed by atoms with Crippen molar-refractivity contribution in [2.45, 2.75) is 20.3 Å². The van der Waals surface area contributed by atoms with Crippen LogP contribution in [0.25, 0.3) is 10.9 Å². The zero-order valence-corrected chi connectivity index (χ0v) is 11.9. The van der Waals surface area contributed by atoms with Crippen LogP contribution in [0.4, 0.5) is 5.69 Å². The van der Waals surface area contributed by atoms with Crippen molar-refractivity contribution < 1.29 is 9.84 Å². The van der Waals surface area contributed by atoms with Gasteiger partial charge in [-0.2, -0.15) is 0 Å². The highest BCUT2D eigenvalue weighted by molar-refractivity contribution is 5.97. The first kappa shape index (κ1) is 14.1. The Balaban J connectivity index is 2.87. The van der Waals surface area contributed by atoms with Gasteiger partial charge in [0.25, 0.3) is 5.56 Å². The molecule has 0 aliphatic carbocycles. The minimum Gasteiger partial charge on any atom is -0.504 e. The summed E-state index contributed by atoms with van der Waals surface area (Å²) < 4.78 is 6.74. The number of nitrogens with zero attached hydrogens (tertiary/aromatic N) is 2. The number of ether oxygens (including phenoxy) is 1. The number of aromatic nitrogens is 1. The number of aliphatic imine (C=N–C) groups is 1. The molecule has 0 saturated carbocycles. The maximum Gasteiger partial charge on any atom is 0.297 e. The van der Waals surface area contributed by atoms with E-state index in [0.29, 0.717) is 23.2 Å². The van der Waals surface area contributed by atoms with Gasteiger partial charge in [-0.25, -0.2) is 0 Å². The summed E-state index contributed by atoms with van der Waals surface area (Å²) in [5, 5.41) is 10.9. The second-order valence-electron chi connectivity index (χ2n) is 4.37. The van der Waals surface area contributed by atoms with E-state index in [-0.39, 0.29) is 17.1 Å². The van der Waals surface area contributed by atoms with Gasteiger partial charge in [-0.1, -0.05) is 13.0 Å². The van der Waals surface area contributed by atoms with Crippen LogP contribution in [0.15, 0.2) is 28.0 Å². The summed E-state index contributed by atoms with van der Waals surface area (Å²) >= 11 is 0. The van der Waals surface area contributed by atoms with E-state index < -0.39 is 0 Å². The van der Waals surface area contributed by atoms with Crippen LogP contribution in [0.5, 0.6) is 11.5 Å². The summed E-state index contributed by atoms with van der Waals surface area (Å²) in [4.78, 5) is 16.5. The van der Waals surface area contributed by atoms with Crippen molar-refractivity contribution in [3.8, 4) is 11.5 Å². The van der Waals surface area contributed by atoms with E-state index in [1.165, 1.54) is 4.57 Å². The minimum atomic E-state index is -0.353. The maximum atomic E-state index is 12.2. The molecule has 2 rings (SSSR count). The van der Waals surface area contributed by atoms with E-state index in [1.807, 2.05) is 13.0 Å². The second kappa shape index (κ2) is 5.77. The fraction of sp³-hybridized carbons (Fsp3) is 0.333. The smallest absolute Gasteiger partial charge is 0.297 e. The van der Waals surface area contributed by atoms with E-state index >= 15 is 0 Å². The Morgan fingerprint density at radius 1 is 1.40 bits per heavy atom. The molecule has 0 spiro atoms. The number of pyridine rings is 1. The number of benzene rings is 1. The average Bonchev–Trinajstić information content (AvgIpc) is 2.46. The highest BCUT2D eigenvalue weighted by atomic mass is 16.5. The molecular weight excluding hydrogens is 256 g/mol. The molecular formula is C15H18N2O3. The molecule has 0 saturated heterocycles. The lowest BCUT2D eigenvalue weighted by molar-refractivity contribution is 0.313. The predicted molar refractivity (Wildman–Crippen MR) is 80.5 cm³/mol. The average molecular weight is 274 g/mol. The molecule has 0 aliphatic heterocycles. The fourth-order valence-electron chi connectivity index (χ4n) is 2.10. The van der Waals surface area contributed by atoms with E-state index in [9.17, 15) is 9.90 Å². The Kier molecular flexibility index (Phi) is 4.08. The van der Waals surface area contributed by atoms with Gasteiger partial charge in [0.2, 0.25) is 5.75 Å². The number of rotatable bonds is 4. The topological polar surface area (TPSA) is 63.8 Å². The van der Waals surface area contributed by atoms with Crippen molar-refractivity contribution in [3.63, 3.8) is 0 Å². The molecule has 1 aromatic heterocycles. The molecule has 0 radical (unpaired) electrons. The van der Waals surface area contributed by atoms with Crippen LogP contribution in [0.3, 0.4) is 0 Å². The molecule has 0 atom stereocenters. The fourth-order valence-corrected chi connectivity index (χ4v) is 2.10. The molecule has 20 heavy (non-hydrogen) atoms. The van der Waals surface area contributed by atoms with Gasteiger partial charge in [0.15, 0.2) is 5.75 Å². The highest BCUT2D eigenvalue weighted by Gasteiger charge is 2.17. The first-order valence-corrected chi connectivity index (χ1v) is 6.61. The van der Waals surface area contributed by atoms with Crippen LogP contribution in [0, 0.1) is 0 Å². The number of aromatic hydroxyl groups is 1. The third kappa shape index (κ3) is 2.27. The van der Waals surface area contributed by atoms with E-state index in [0.717, 1.165) is 6.42 Å². The van der Waals surface area contributed by atoms with Gasteiger partial charge < -0.3 is 14.4 Å². The molecule has 5 heteroatoms. The standard InChI is InChI=1S/C15H18N2O3/c1-4-9-16-10-7-6-8-11-12(10)13(18)14(20-5-2)15(19)17(11)3/h6-9,18H,4-5H2,1-3H3. The van der Waals surface area contributed by atoms with Crippen LogP contribution in [-0.2, 0) is 7.05 Å². The maximum absolute atomic E-state index is 12.2. The zero-order chi connectivity index (χ0) is 14.7. The lowest BCUT2D eigenvalue weighted by atomic mass is 10.1. The molecule has 0 amide bonds. The van der Waals surface area contributed by atoms with Crippen LogP contribution < -0.4 is 10.3 Å². The minimum absolute atomic E-state index is 0.0263. The SMILES string of the molecule is CCC=Nc1cccc2c1c(O)c(OCC)c(=O)n2C. The summed E-state index contributed by atoms with van der Waals surface area (Å²) in [7, 11) is 1.65. The Morgan fingerprint density at radius 2 is 2.15 bits per heavy atom. The van der Waals surface area contributed by atoms with Crippen molar-refractivity contribution >= 4 is 22.8 Å². The van der Waals surface area contributed by atoms with Gasteiger partial charge in [-0.15, -0.1) is 0 Å². The van der Waals surface area contributed by atoms with Crippen LogP contribution in [-0.4, -0.2) is 22.5 Å². The highest BCUT2D eigenvalue weighted by Crippen LogP contribution is 2.37. The lowest BCUT2D eigenvalue weighted by Gasteiger charge is -2.13. The molecule has 1 N–H and O–H groups in total. The molecule has 0 unspecified atom stereocenters. The summed E-state index contributed by atoms with van der Waals surface area (Å²) in [6, 6.07) is 5.38. The van der Waals surface area contributed by atoms with Gasteiger partial charge in [-0.3, -0.25) is 9.79 Å². The predicted octanol–water partition coefficient (Wildman–Crippen LogP) is 2.76. The van der Waals surface area contributed by atoms with Crippen LogP contribution in [0.2, 0.25) is 0 Å². The Labute approximate surface area is 117 Å². The van der Waals surface area contributed by atoms with Gasteiger partial charge in [0, 0.05) is 13.3 Å². The van der Waals surface area contributed by atoms with Gasteiger partial charge >= 0.3 is 0 Å². The first-order valence-electron chi connectivity index (χ1n) is 6.61. The third-order valence-corrected chi connectivity index (χ3v) is 3.03. The monoisotopic (exact) mass is 274 g/mol. The first-order chi connectivity index (χ1) is 9.61. The molecule has 1 aromatic carbocycles. The Morgan fingerprint density at radius 3 is 2.80 bits per heavy atom. The van der Waals surface area contributed by atoms with Crippen LogP contribution >= 0.6 is 0 Å². The molecule has 2 aromatic rings. The molecule has 5 nitrogen and oxygen atoms in total. The van der Waals surface area contributed by atoms with E-state index in [4.69, 9.17) is 4.74 Å². The third-order valence-electron chi connectivity index (χ3n) is 3.03. The van der Waals surface area contributed by atoms with E-state index in [2.05, 4.69) is 4.99 Å². The Bertz CT molecular complexity index is 717. The Hall–Kier alpha value is -2.30. The quantitative estimate of drug-likeness (QED) is 0.872. The molecule has 0 fully saturated rings. The number of aryl methyl sites for hydroxylation is 1. The van der Waals surface area contributed by atoms with Crippen molar-refractivity contribution in [2.75, 3.05) is 6.61 Å². The zero-order valence-electron chi connectivity index (χ0n) is 11.9. The van der Waals surface area contributed by atoms with Crippen molar-refractivity contribution in [2.24, 2.45) is 12.0 Å². The van der Waals surface area contributed by atoms with Crippen molar-refractivity contribution in [1.82, 2.24) is 4.57 Å². The van der Waals surface area contributed by atoms with Gasteiger partial charge in [0.05, 0.1) is 23.2 Å². The molecule has 106 valence electrons. The van der Waals surface area contributed by atoms with Crippen LogP contribution in [0.1, 0.15) is 20.3 Å². The largest absolute Gasteiger partial charge is 0.504 e. The summed E-state index contributed by atoms with van der Waals surface area (Å²) in [5.41, 5.74) is 0.897. The summed E-state index contributed by atoms with van der Waals surface area (Å²) in [6.07, 6.45) is 2.56. The second-order valence-corrected chi connectivity index (χ2v) is 4.37. The summed E-state index contributed by atoms with van der Waals surface area (Å²) in [5.74, 6) is -0.171. The number of hydrogen-bond acceptors (Lipinski definition) is 4. The lowest BCUT2D eigenvalue weighted by Crippen LogP contribution is -2.19. The van der Waals surface area contributed by atoms with Crippen molar-refractivity contribution in [1.29, 1.82) is 0 Å². The molecule has 1 heterocycles. The molecule has 0 bridgehead atoms. The van der Waals surface area contributed by atoms with Gasteiger partial charge in [-0.05, 0) is 25.5 Å². The summed E-state index contributed by atoms with van der Waals surface area (Å²) in [6.45, 7) is 4.06.